The molecule has 5 heteroatoms. The Labute approximate surface area is 127 Å². The fourth-order valence-electron chi connectivity index (χ4n) is 1.76. The average Bonchev–Trinajstić information content (AvgIpc) is 2.31. The van der Waals surface area contributed by atoms with Gasteiger partial charge < -0.3 is 0 Å². The van der Waals surface area contributed by atoms with E-state index >= 15 is 0 Å². The van der Waals surface area contributed by atoms with Crippen LogP contribution in [0, 0.1) is 17.4 Å². The molecule has 0 heterocycles. The van der Waals surface area contributed by atoms with Crippen LogP contribution in [0.3, 0.4) is 0 Å². The molecule has 1 N–H and O–H groups in total. The number of hydrogen-bond donors (Lipinski definition) is 1. The summed E-state index contributed by atoms with van der Waals surface area (Å²) in [6, 6.07) is 12.7. The van der Waals surface area contributed by atoms with E-state index in [1.54, 1.807) is 25.1 Å². The van der Waals surface area contributed by atoms with Crippen LogP contribution in [-0.4, -0.2) is 8.42 Å². The summed E-state index contributed by atoms with van der Waals surface area (Å²) in [7, 11) is -3.54. The molecule has 0 bridgehead atoms. The lowest BCUT2D eigenvalue weighted by atomic mass is 10.2. The number of halogens is 1. The summed E-state index contributed by atoms with van der Waals surface area (Å²) in [6.07, 6.45) is 0. The van der Waals surface area contributed by atoms with Crippen molar-refractivity contribution in [3.63, 3.8) is 0 Å². The molecule has 0 radical (unpaired) electrons. The van der Waals surface area contributed by atoms with Gasteiger partial charge >= 0.3 is 0 Å². The van der Waals surface area contributed by atoms with E-state index in [1.807, 2.05) is 31.2 Å². The summed E-state index contributed by atoms with van der Waals surface area (Å²) < 4.78 is 28.3. The number of benzene rings is 2. The first-order valence-electron chi connectivity index (χ1n) is 5.74. The fourth-order valence-corrected chi connectivity index (χ4v) is 3.68. The summed E-state index contributed by atoms with van der Waals surface area (Å²) in [6.45, 7) is 3.67. The topological polar surface area (TPSA) is 46.2 Å². The number of sulfonamides is 1. The smallest absolute Gasteiger partial charge is 0.262 e. The largest absolute Gasteiger partial charge is 0.280 e. The van der Waals surface area contributed by atoms with E-state index < -0.39 is 10.0 Å². The molecule has 19 heavy (non-hydrogen) atoms. The van der Waals surface area contributed by atoms with Crippen molar-refractivity contribution in [1.82, 2.24) is 0 Å². The van der Waals surface area contributed by atoms with Crippen molar-refractivity contribution in [2.45, 2.75) is 18.7 Å². The molecule has 0 amide bonds. The van der Waals surface area contributed by atoms with Crippen LogP contribution in [0.4, 0.5) is 5.69 Å². The van der Waals surface area contributed by atoms with E-state index in [4.69, 9.17) is 0 Å². The molecule has 0 aliphatic heterocycles. The lowest BCUT2D eigenvalue weighted by molar-refractivity contribution is 0.600. The third kappa shape index (κ3) is 3.48. The summed E-state index contributed by atoms with van der Waals surface area (Å²) in [5, 5.41) is 0. The second-order valence-corrected chi connectivity index (χ2v) is 7.28. The van der Waals surface area contributed by atoms with Crippen LogP contribution in [0.15, 0.2) is 47.4 Å². The minimum Gasteiger partial charge on any atom is -0.280 e. The zero-order valence-corrected chi connectivity index (χ0v) is 13.6. The first-order valence-corrected chi connectivity index (χ1v) is 8.30. The lowest BCUT2D eigenvalue weighted by Gasteiger charge is -2.11. The minimum absolute atomic E-state index is 0.325. The van der Waals surface area contributed by atoms with E-state index in [9.17, 15) is 8.42 Å². The molecule has 2 aromatic carbocycles. The van der Waals surface area contributed by atoms with Gasteiger partial charge in [0.1, 0.15) is 0 Å². The third-order valence-corrected chi connectivity index (χ3v) is 4.90. The first-order chi connectivity index (χ1) is 8.88. The molecule has 3 nitrogen and oxygen atoms in total. The Hall–Kier alpha value is -1.08. The highest BCUT2D eigenvalue weighted by Crippen LogP contribution is 2.21. The van der Waals surface area contributed by atoms with Crippen LogP contribution >= 0.6 is 22.6 Å². The number of nitrogens with one attached hydrogen (secondary N) is 1. The van der Waals surface area contributed by atoms with Crippen molar-refractivity contribution < 1.29 is 8.42 Å². The number of hydrogen-bond acceptors (Lipinski definition) is 2. The van der Waals surface area contributed by atoms with E-state index in [-0.39, 0.29) is 0 Å². The van der Waals surface area contributed by atoms with Gasteiger partial charge in [-0.2, -0.15) is 0 Å². The van der Waals surface area contributed by atoms with Gasteiger partial charge in [0, 0.05) is 9.26 Å². The molecule has 2 rings (SSSR count). The molecule has 0 unspecified atom stereocenters. The zero-order valence-electron chi connectivity index (χ0n) is 10.6. The average molecular weight is 387 g/mol. The van der Waals surface area contributed by atoms with Crippen molar-refractivity contribution >= 4 is 38.3 Å². The zero-order chi connectivity index (χ0) is 14.0. The second-order valence-electron chi connectivity index (χ2n) is 4.38. The van der Waals surface area contributed by atoms with Crippen molar-refractivity contribution in [2.24, 2.45) is 0 Å². The summed E-state index contributed by atoms with van der Waals surface area (Å²) >= 11 is 2.15. The molecule has 2 aromatic rings. The molecule has 0 aliphatic carbocycles. The Morgan fingerprint density at radius 2 is 1.79 bits per heavy atom. The van der Waals surface area contributed by atoms with Gasteiger partial charge in [0.15, 0.2) is 0 Å². The molecule has 0 spiro atoms. The van der Waals surface area contributed by atoms with Gasteiger partial charge in [-0.1, -0.05) is 18.2 Å². The first kappa shape index (κ1) is 14.3. The molecule has 0 atom stereocenters. The molecule has 0 aromatic heterocycles. The highest BCUT2D eigenvalue weighted by Gasteiger charge is 2.17. The summed E-state index contributed by atoms with van der Waals surface area (Å²) in [5.74, 6) is 0. The molecule has 0 aliphatic rings. The Balaban J connectivity index is 2.40. The molecule has 100 valence electrons. The van der Waals surface area contributed by atoms with Gasteiger partial charge in [0.25, 0.3) is 10.0 Å². The van der Waals surface area contributed by atoms with Gasteiger partial charge in [-0.25, -0.2) is 8.42 Å². The Bertz CT molecular complexity index is 711. The summed E-state index contributed by atoms with van der Waals surface area (Å²) in [5.41, 5.74) is 2.24. The third-order valence-electron chi connectivity index (χ3n) is 2.71. The monoisotopic (exact) mass is 387 g/mol. The maximum atomic E-state index is 12.4. The van der Waals surface area contributed by atoms with E-state index in [0.29, 0.717) is 10.6 Å². The SMILES string of the molecule is Cc1ccc(C)c(S(=O)(=O)Nc2cccc(I)c2)c1. The molecule has 0 saturated carbocycles. The highest BCUT2D eigenvalue weighted by molar-refractivity contribution is 14.1. The van der Waals surface area contributed by atoms with Crippen LogP contribution in [0.1, 0.15) is 11.1 Å². The Morgan fingerprint density at radius 3 is 2.47 bits per heavy atom. The van der Waals surface area contributed by atoms with Crippen LogP contribution < -0.4 is 4.72 Å². The predicted octanol–water partition coefficient (Wildman–Crippen LogP) is 3.71. The maximum Gasteiger partial charge on any atom is 0.262 e. The highest BCUT2D eigenvalue weighted by atomic mass is 127. The summed E-state index contributed by atoms with van der Waals surface area (Å²) in [4.78, 5) is 0.325. The second kappa shape index (κ2) is 5.50. The minimum atomic E-state index is -3.54. The molecular formula is C14H14INO2S. The van der Waals surface area contributed by atoms with Gasteiger partial charge in [-0.05, 0) is 71.8 Å². The predicted molar refractivity (Wildman–Crippen MR) is 85.9 cm³/mol. The van der Waals surface area contributed by atoms with Crippen LogP contribution in [0.5, 0.6) is 0 Å². The van der Waals surface area contributed by atoms with E-state index in [2.05, 4.69) is 27.3 Å². The van der Waals surface area contributed by atoms with Gasteiger partial charge in [0.05, 0.1) is 4.90 Å². The van der Waals surface area contributed by atoms with Crippen molar-refractivity contribution in [2.75, 3.05) is 4.72 Å². The molecular weight excluding hydrogens is 373 g/mol. The quantitative estimate of drug-likeness (QED) is 0.817. The van der Waals surface area contributed by atoms with Crippen molar-refractivity contribution in [1.29, 1.82) is 0 Å². The van der Waals surface area contributed by atoms with Crippen LogP contribution in [0.2, 0.25) is 0 Å². The van der Waals surface area contributed by atoms with Crippen molar-refractivity contribution in [3.05, 3.63) is 57.2 Å². The molecule has 0 fully saturated rings. The van der Waals surface area contributed by atoms with E-state index in [0.717, 1.165) is 14.7 Å². The molecule has 0 saturated heterocycles. The van der Waals surface area contributed by atoms with Gasteiger partial charge in [-0.15, -0.1) is 0 Å². The van der Waals surface area contributed by atoms with Gasteiger partial charge in [0.2, 0.25) is 0 Å². The van der Waals surface area contributed by atoms with Crippen LogP contribution in [-0.2, 0) is 10.0 Å². The van der Waals surface area contributed by atoms with E-state index in [1.165, 1.54) is 0 Å². The number of anilines is 1. The van der Waals surface area contributed by atoms with Crippen molar-refractivity contribution in [3.8, 4) is 0 Å². The Kier molecular flexibility index (Phi) is 4.15. The maximum absolute atomic E-state index is 12.4. The van der Waals surface area contributed by atoms with Crippen LogP contribution in [0.25, 0.3) is 0 Å². The van der Waals surface area contributed by atoms with Gasteiger partial charge in [-0.3, -0.25) is 4.72 Å². The number of rotatable bonds is 3. The normalized spacial score (nSPS) is 11.3. The standard InChI is InChI=1S/C14H14INO2S/c1-10-6-7-11(2)14(8-10)19(17,18)16-13-5-3-4-12(15)9-13/h3-9,16H,1-2H3. The Morgan fingerprint density at radius 1 is 1.05 bits per heavy atom. The number of aryl methyl sites for hydroxylation is 2. The fraction of sp³-hybridized carbons (Fsp3) is 0.143. The lowest BCUT2D eigenvalue weighted by Crippen LogP contribution is -2.14.